The van der Waals surface area contributed by atoms with Gasteiger partial charge in [-0.2, -0.15) is 0 Å². The molecule has 0 aliphatic carbocycles. The molecule has 0 spiro atoms. The van der Waals surface area contributed by atoms with Gasteiger partial charge in [0.1, 0.15) is 0 Å². The van der Waals surface area contributed by atoms with Gasteiger partial charge < -0.3 is 10.1 Å². The molecule has 20 heavy (non-hydrogen) atoms. The summed E-state index contributed by atoms with van der Waals surface area (Å²) in [6.07, 6.45) is 4.29. The minimum Gasteiger partial charge on any atom is -0.375 e. The Morgan fingerprint density at radius 1 is 1.25 bits per heavy atom. The third kappa shape index (κ3) is 4.76. The summed E-state index contributed by atoms with van der Waals surface area (Å²) < 4.78 is 5.99. The Morgan fingerprint density at radius 3 is 2.50 bits per heavy atom. The monoisotopic (exact) mass is 295 g/mol. The molecule has 1 saturated heterocycles. The van der Waals surface area contributed by atoms with Crippen molar-refractivity contribution in [2.75, 3.05) is 6.54 Å². The van der Waals surface area contributed by atoms with Gasteiger partial charge in [-0.3, -0.25) is 0 Å². The maximum Gasteiger partial charge on any atom is 0.0586 e. The van der Waals surface area contributed by atoms with E-state index in [1.165, 1.54) is 18.4 Å². The summed E-state index contributed by atoms with van der Waals surface area (Å²) in [6, 6.07) is 8.77. The van der Waals surface area contributed by atoms with E-state index in [-0.39, 0.29) is 0 Å². The Morgan fingerprint density at radius 2 is 1.95 bits per heavy atom. The molecule has 0 bridgehead atoms. The van der Waals surface area contributed by atoms with E-state index in [0.717, 1.165) is 18.0 Å². The largest absolute Gasteiger partial charge is 0.375 e. The molecule has 1 aliphatic heterocycles. The fourth-order valence-corrected chi connectivity index (χ4v) is 2.95. The molecule has 3 heteroatoms. The van der Waals surface area contributed by atoms with Crippen LogP contribution < -0.4 is 5.32 Å². The highest BCUT2D eigenvalue weighted by molar-refractivity contribution is 6.30. The second-order valence-electron chi connectivity index (χ2n) is 6.19. The Balaban J connectivity index is 2.01. The molecule has 0 aromatic heterocycles. The average Bonchev–Trinajstić information content (AvgIpc) is 2.81. The van der Waals surface area contributed by atoms with Crippen molar-refractivity contribution in [1.82, 2.24) is 5.32 Å². The number of halogens is 1. The van der Waals surface area contributed by atoms with E-state index in [4.69, 9.17) is 16.3 Å². The zero-order valence-electron chi connectivity index (χ0n) is 12.7. The molecular weight excluding hydrogens is 270 g/mol. The molecule has 0 amide bonds. The normalized spacial score (nSPS) is 24.2. The summed E-state index contributed by atoms with van der Waals surface area (Å²) in [6.45, 7) is 7.54. The molecule has 0 saturated carbocycles. The van der Waals surface area contributed by atoms with Gasteiger partial charge >= 0.3 is 0 Å². The smallest absolute Gasteiger partial charge is 0.0586 e. The molecule has 1 aromatic carbocycles. The molecule has 3 atom stereocenters. The van der Waals surface area contributed by atoms with Crippen LogP contribution in [0.2, 0.25) is 5.02 Å². The first-order valence-corrected chi connectivity index (χ1v) is 8.06. The van der Waals surface area contributed by atoms with Crippen LogP contribution >= 0.6 is 11.6 Å². The minimum absolute atomic E-state index is 0.402. The fourth-order valence-electron chi connectivity index (χ4n) is 2.83. The Labute approximate surface area is 127 Å². The summed E-state index contributed by atoms with van der Waals surface area (Å²) in [4.78, 5) is 0. The topological polar surface area (TPSA) is 21.3 Å². The van der Waals surface area contributed by atoms with Crippen LogP contribution in [0.1, 0.15) is 51.5 Å². The molecule has 2 rings (SSSR count). The van der Waals surface area contributed by atoms with Crippen molar-refractivity contribution in [3.63, 3.8) is 0 Å². The van der Waals surface area contributed by atoms with Crippen LogP contribution in [0.15, 0.2) is 24.3 Å². The van der Waals surface area contributed by atoms with Crippen LogP contribution in [0.3, 0.4) is 0 Å². The SMILES string of the molecule is CC(C)NCC(CC1CCC(C)O1)c1ccc(Cl)cc1. The second-order valence-corrected chi connectivity index (χ2v) is 6.63. The standard InChI is InChI=1S/C17H26ClNO/c1-12(2)19-11-15(10-17-9-4-13(3)20-17)14-5-7-16(18)8-6-14/h5-8,12-13,15,17,19H,4,9-11H2,1-3H3. The predicted molar refractivity (Wildman–Crippen MR) is 85.5 cm³/mol. The summed E-state index contributed by atoms with van der Waals surface area (Å²) >= 11 is 5.99. The van der Waals surface area contributed by atoms with Gasteiger partial charge in [0.25, 0.3) is 0 Å². The van der Waals surface area contributed by atoms with E-state index in [1.807, 2.05) is 12.1 Å². The lowest BCUT2D eigenvalue weighted by atomic mass is 9.92. The lowest BCUT2D eigenvalue weighted by Gasteiger charge is -2.23. The molecule has 1 aromatic rings. The highest BCUT2D eigenvalue weighted by Crippen LogP contribution is 2.29. The second kappa shape index (κ2) is 7.44. The van der Waals surface area contributed by atoms with Crippen molar-refractivity contribution in [3.05, 3.63) is 34.9 Å². The van der Waals surface area contributed by atoms with Crippen molar-refractivity contribution in [1.29, 1.82) is 0 Å². The van der Waals surface area contributed by atoms with Crippen molar-refractivity contribution in [2.24, 2.45) is 0 Å². The number of rotatable bonds is 6. The van der Waals surface area contributed by atoms with Gasteiger partial charge in [0.15, 0.2) is 0 Å². The minimum atomic E-state index is 0.402. The van der Waals surface area contributed by atoms with Crippen molar-refractivity contribution in [3.8, 4) is 0 Å². The molecular formula is C17H26ClNO. The molecule has 1 aliphatic rings. The Bertz CT molecular complexity index is 404. The van der Waals surface area contributed by atoms with Crippen molar-refractivity contribution >= 4 is 11.6 Å². The highest BCUT2D eigenvalue weighted by atomic mass is 35.5. The van der Waals surface area contributed by atoms with Crippen LogP contribution in [-0.2, 0) is 4.74 Å². The fraction of sp³-hybridized carbons (Fsp3) is 0.647. The average molecular weight is 296 g/mol. The van der Waals surface area contributed by atoms with Crippen molar-refractivity contribution in [2.45, 2.75) is 64.2 Å². The lowest BCUT2D eigenvalue weighted by Crippen LogP contribution is -2.29. The number of ether oxygens (including phenoxy) is 1. The zero-order chi connectivity index (χ0) is 14.5. The number of benzene rings is 1. The van der Waals surface area contributed by atoms with Crippen LogP contribution in [0.4, 0.5) is 0 Å². The van der Waals surface area contributed by atoms with Crippen LogP contribution in [0.25, 0.3) is 0 Å². The molecule has 3 unspecified atom stereocenters. The van der Waals surface area contributed by atoms with E-state index >= 15 is 0 Å². The van der Waals surface area contributed by atoms with Gasteiger partial charge in [-0.15, -0.1) is 0 Å². The molecule has 1 fully saturated rings. The molecule has 1 N–H and O–H groups in total. The summed E-state index contributed by atoms with van der Waals surface area (Å²) in [7, 11) is 0. The van der Waals surface area contributed by atoms with E-state index in [1.54, 1.807) is 0 Å². The molecule has 2 nitrogen and oxygen atoms in total. The van der Waals surface area contributed by atoms with Gasteiger partial charge in [0, 0.05) is 17.6 Å². The van der Waals surface area contributed by atoms with E-state index in [0.29, 0.717) is 24.2 Å². The highest BCUT2D eigenvalue weighted by Gasteiger charge is 2.25. The maximum absolute atomic E-state index is 5.99. The number of nitrogens with one attached hydrogen (secondary N) is 1. The zero-order valence-corrected chi connectivity index (χ0v) is 13.5. The molecule has 0 radical (unpaired) electrons. The quantitative estimate of drug-likeness (QED) is 0.841. The third-order valence-electron chi connectivity index (χ3n) is 3.98. The maximum atomic E-state index is 5.99. The summed E-state index contributed by atoms with van der Waals surface area (Å²) in [5.41, 5.74) is 1.35. The molecule has 1 heterocycles. The lowest BCUT2D eigenvalue weighted by molar-refractivity contribution is 0.0465. The first-order chi connectivity index (χ1) is 9.54. The van der Waals surface area contributed by atoms with E-state index in [9.17, 15) is 0 Å². The van der Waals surface area contributed by atoms with E-state index < -0.39 is 0 Å². The number of hydrogen-bond donors (Lipinski definition) is 1. The third-order valence-corrected chi connectivity index (χ3v) is 4.23. The molecule has 112 valence electrons. The van der Waals surface area contributed by atoms with Gasteiger partial charge in [-0.05, 0) is 49.8 Å². The first-order valence-electron chi connectivity index (χ1n) is 7.69. The van der Waals surface area contributed by atoms with Crippen LogP contribution in [0.5, 0.6) is 0 Å². The van der Waals surface area contributed by atoms with Crippen molar-refractivity contribution < 1.29 is 4.74 Å². The van der Waals surface area contributed by atoms with Gasteiger partial charge in [0.05, 0.1) is 12.2 Å². The summed E-state index contributed by atoms with van der Waals surface area (Å²) in [5, 5.41) is 4.36. The van der Waals surface area contributed by atoms with Gasteiger partial charge in [-0.25, -0.2) is 0 Å². The van der Waals surface area contributed by atoms with E-state index in [2.05, 4.69) is 38.2 Å². The van der Waals surface area contributed by atoms with Crippen LogP contribution in [-0.4, -0.2) is 24.8 Å². The first kappa shape index (κ1) is 15.8. The predicted octanol–water partition coefficient (Wildman–Crippen LogP) is 4.38. The summed E-state index contributed by atoms with van der Waals surface area (Å²) in [5.74, 6) is 0.491. The number of hydrogen-bond acceptors (Lipinski definition) is 2. The van der Waals surface area contributed by atoms with Gasteiger partial charge in [-0.1, -0.05) is 37.6 Å². The van der Waals surface area contributed by atoms with Gasteiger partial charge in [0.2, 0.25) is 0 Å². The van der Waals surface area contributed by atoms with Crippen LogP contribution in [0, 0.1) is 0 Å². The Hall–Kier alpha value is -0.570. The Kier molecular flexibility index (Phi) is 5.88.